The number of fused-ring (bicyclic) bond motifs is 1. The van der Waals surface area contributed by atoms with Gasteiger partial charge in [-0.25, -0.2) is 6.07 Å². The molecule has 2 aromatic carbocycles. The van der Waals surface area contributed by atoms with Crippen molar-refractivity contribution in [3.63, 3.8) is 0 Å². The number of halogens is 3. The van der Waals surface area contributed by atoms with E-state index in [1.54, 1.807) is 21.9 Å². The van der Waals surface area contributed by atoms with E-state index in [1.165, 1.54) is 42.9 Å². The summed E-state index contributed by atoms with van der Waals surface area (Å²) in [6, 6.07) is 12.7. The summed E-state index contributed by atoms with van der Waals surface area (Å²) in [4.78, 5) is 0. The summed E-state index contributed by atoms with van der Waals surface area (Å²) in [7, 11) is 0.915. The Bertz CT molecular complexity index is 596. The minimum absolute atomic E-state index is 0. The molecule has 23 heavy (non-hydrogen) atoms. The molecule has 0 unspecified atom stereocenters. The van der Waals surface area contributed by atoms with E-state index >= 15 is 0 Å². The van der Waals surface area contributed by atoms with E-state index in [1.807, 2.05) is 0 Å². The number of benzene rings is 1. The summed E-state index contributed by atoms with van der Waals surface area (Å²) in [5.74, 6) is 0. The normalized spacial score (nSPS) is 11.9. The van der Waals surface area contributed by atoms with Crippen molar-refractivity contribution >= 4 is 14.7 Å². The Morgan fingerprint density at radius 1 is 1.00 bits per heavy atom. The Morgan fingerprint density at radius 3 is 2.43 bits per heavy atom. The molecular weight excluding hydrogens is 399 g/mol. The van der Waals surface area contributed by atoms with Crippen molar-refractivity contribution in [2.24, 2.45) is 0 Å². The molecule has 0 aliphatic heterocycles. The van der Waals surface area contributed by atoms with Gasteiger partial charge in [0.1, 0.15) is 0 Å². The van der Waals surface area contributed by atoms with E-state index in [0.29, 0.717) is 0 Å². The van der Waals surface area contributed by atoms with Crippen LogP contribution in [0.3, 0.4) is 0 Å². The van der Waals surface area contributed by atoms with Crippen LogP contribution in [-0.2, 0) is 40.6 Å². The van der Waals surface area contributed by atoms with Crippen molar-refractivity contribution in [3.05, 3.63) is 58.1 Å². The van der Waals surface area contributed by atoms with Crippen LogP contribution in [0.15, 0.2) is 30.3 Å². The van der Waals surface area contributed by atoms with Crippen LogP contribution in [-0.4, -0.2) is 9.52 Å². The van der Waals surface area contributed by atoms with E-state index in [4.69, 9.17) is 0 Å². The topological polar surface area (TPSA) is 0 Å². The zero-order chi connectivity index (χ0) is 13.2. The first kappa shape index (κ1) is 25.6. The van der Waals surface area contributed by atoms with Crippen LogP contribution in [0.2, 0.25) is 0 Å². The third-order valence-electron chi connectivity index (χ3n) is 4.46. The van der Waals surface area contributed by atoms with E-state index in [2.05, 4.69) is 44.2 Å². The van der Waals surface area contributed by atoms with Crippen LogP contribution in [0.1, 0.15) is 40.7 Å². The number of hydrogen-bond donors (Lipinski definition) is 0. The number of aryl methyl sites for hydroxylation is 2. The van der Waals surface area contributed by atoms with Gasteiger partial charge in [0.15, 0.2) is 0 Å². The van der Waals surface area contributed by atoms with Crippen LogP contribution in [0.5, 0.6) is 0 Å². The molecule has 0 fully saturated rings. The van der Waals surface area contributed by atoms with Gasteiger partial charge in [-0.15, -0.1) is 0 Å². The second kappa shape index (κ2) is 11.8. The van der Waals surface area contributed by atoms with Gasteiger partial charge in [-0.1, -0.05) is 55.1 Å². The molecule has 122 valence electrons. The van der Waals surface area contributed by atoms with E-state index in [9.17, 15) is 0 Å². The standard InChI is InChI=1S/C18H21Si.3ClH.Ti/c1-13-6-5-9-18(14(13)2)19-12-16-11-10-15-7-3-4-8-17(15)16;;;;/h5-6,9-11H,3-4,7-8,12H2,1-2H3;3*1H;/q-1;;;;+4/p-3. The Kier molecular flexibility index (Phi) is 13.2. The SMILES string of the molecule is Cc1cccc([Si]C[c-]2ccc3c2CCCC3)c1C.[Cl-].[Cl-].[Cl-].[Ti+4]. The van der Waals surface area contributed by atoms with E-state index < -0.39 is 0 Å². The van der Waals surface area contributed by atoms with Crippen LogP contribution in [0.4, 0.5) is 0 Å². The molecule has 0 bridgehead atoms. The maximum Gasteiger partial charge on any atom is 4.00 e. The van der Waals surface area contributed by atoms with Crippen molar-refractivity contribution in [2.45, 2.75) is 45.6 Å². The molecule has 0 heterocycles. The first-order chi connectivity index (χ1) is 9.25. The molecule has 2 aromatic rings. The van der Waals surface area contributed by atoms with Crippen LogP contribution in [0.25, 0.3) is 0 Å². The van der Waals surface area contributed by atoms with Gasteiger partial charge in [0.2, 0.25) is 0 Å². The van der Waals surface area contributed by atoms with Gasteiger partial charge in [-0.3, -0.25) is 0 Å². The molecular formula is C18H21Cl3SiTi. The first-order valence-electron chi connectivity index (χ1n) is 7.32. The maximum absolute atomic E-state index is 2.38. The fourth-order valence-electron chi connectivity index (χ4n) is 3.08. The van der Waals surface area contributed by atoms with Gasteiger partial charge < -0.3 is 37.2 Å². The molecule has 0 aromatic heterocycles. The predicted octanol–water partition coefficient (Wildman–Crippen LogP) is -5.56. The molecule has 1 aliphatic carbocycles. The molecule has 0 amide bonds. The third kappa shape index (κ3) is 5.99. The van der Waals surface area contributed by atoms with Gasteiger partial charge in [-0.05, 0) is 25.0 Å². The van der Waals surface area contributed by atoms with Crippen LogP contribution < -0.4 is 42.4 Å². The molecule has 0 atom stereocenters. The van der Waals surface area contributed by atoms with Crippen LogP contribution in [0, 0.1) is 13.8 Å². The number of hydrogen-bond acceptors (Lipinski definition) is 0. The minimum Gasteiger partial charge on any atom is -1.00 e. The summed E-state index contributed by atoms with van der Waals surface area (Å²) in [5, 5.41) is 1.55. The van der Waals surface area contributed by atoms with E-state index in [-0.39, 0.29) is 58.9 Å². The summed E-state index contributed by atoms with van der Waals surface area (Å²) in [5.41, 5.74) is 7.85. The van der Waals surface area contributed by atoms with Crippen molar-refractivity contribution in [2.75, 3.05) is 0 Å². The molecule has 5 heteroatoms. The van der Waals surface area contributed by atoms with Gasteiger partial charge in [0, 0.05) is 0 Å². The van der Waals surface area contributed by atoms with Crippen molar-refractivity contribution < 1.29 is 58.9 Å². The summed E-state index contributed by atoms with van der Waals surface area (Å²) < 4.78 is 0. The largest absolute Gasteiger partial charge is 4.00 e. The Hall–Kier alpha value is 0.371. The maximum atomic E-state index is 2.38. The quantitative estimate of drug-likeness (QED) is 0.344. The minimum atomic E-state index is 0. The molecule has 0 saturated heterocycles. The van der Waals surface area contributed by atoms with Crippen LogP contribution >= 0.6 is 0 Å². The second-order valence-corrected chi connectivity index (χ2v) is 6.92. The smallest absolute Gasteiger partial charge is 1.00 e. The first-order valence-corrected chi connectivity index (χ1v) is 8.53. The molecule has 0 spiro atoms. The zero-order valence-electron chi connectivity index (χ0n) is 13.6. The molecule has 0 nitrogen and oxygen atoms in total. The van der Waals surface area contributed by atoms with Crippen molar-refractivity contribution in [1.29, 1.82) is 0 Å². The molecule has 0 N–H and O–H groups in total. The third-order valence-corrected chi connectivity index (χ3v) is 5.94. The fourth-order valence-corrected chi connectivity index (χ4v) is 4.47. The Morgan fingerprint density at radius 2 is 1.70 bits per heavy atom. The molecule has 2 radical (unpaired) electrons. The molecule has 0 saturated carbocycles. The summed E-state index contributed by atoms with van der Waals surface area (Å²) in [6.45, 7) is 4.48. The molecule has 1 aliphatic rings. The molecule has 3 rings (SSSR count). The average Bonchev–Trinajstić information content (AvgIpc) is 2.84. The fraction of sp³-hybridized carbons (Fsp3) is 0.389. The second-order valence-electron chi connectivity index (χ2n) is 5.67. The van der Waals surface area contributed by atoms with Gasteiger partial charge in [-0.2, -0.15) is 22.8 Å². The summed E-state index contributed by atoms with van der Waals surface area (Å²) >= 11 is 0. The van der Waals surface area contributed by atoms with E-state index in [0.717, 1.165) is 9.52 Å². The van der Waals surface area contributed by atoms with Gasteiger partial charge in [0.25, 0.3) is 0 Å². The monoisotopic (exact) mass is 418 g/mol. The Balaban J connectivity index is 0. The van der Waals surface area contributed by atoms with Crippen molar-refractivity contribution in [3.8, 4) is 0 Å². The average molecular weight is 420 g/mol. The predicted molar refractivity (Wildman–Crippen MR) is 83.7 cm³/mol. The van der Waals surface area contributed by atoms with Crippen molar-refractivity contribution in [1.82, 2.24) is 0 Å². The summed E-state index contributed by atoms with van der Waals surface area (Å²) in [6.07, 6.45) is 5.39. The van der Waals surface area contributed by atoms with Gasteiger partial charge in [0.05, 0.1) is 9.52 Å². The van der Waals surface area contributed by atoms with Gasteiger partial charge >= 0.3 is 21.7 Å². The Labute approximate surface area is 176 Å². The zero-order valence-corrected chi connectivity index (χ0v) is 18.4. The number of rotatable bonds is 3.